The van der Waals surface area contributed by atoms with E-state index in [1.54, 1.807) is 4.31 Å². The molecule has 2 saturated heterocycles. The summed E-state index contributed by atoms with van der Waals surface area (Å²) in [6, 6.07) is 0.327. The number of nitrogens with two attached hydrogens (primary N) is 1. The summed E-state index contributed by atoms with van der Waals surface area (Å²) in [5.41, 5.74) is 6.10. The molecule has 0 aromatic heterocycles. The third kappa shape index (κ3) is 2.58. The predicted octanol–water partition coefficient (Wildman–Crippen LogP) is 1.71. The van der Waals surface area contributed by atoms with Crippen molar-refractivity contribution in [2.75, 3.05) is 5.75 Å². The van der Waals surface area contributed by atoms with Gasteiger partial charge in [0.15, 0.2) is 0 Å². The van der Waals surface area contributed by atoms with Gasteiger partial charge in [0.2, 0.25) is 10.0 Å². The molecule has 2 aliphatic rings. The van der Waals surface area contributed by atoms with Crippen molar-refractivity contribution < 1.29 is 8.42 Å². The molecule has 0 spiro atoms. The highest BCUT2D eigenvalue weighted by atomic mass is 32.2. The zero-order valence-corrected chi connectivity index (χ0v) is 12.3. The molecule has 2 rings (SSSR count). The average Bonchev–Trinajstić information content (AvgIpc) is 2.89. The molecule has 2 fully saturated rings. The summed E-state index contributed by atoms with van der Waals surface area (Å²) in [6.07, 6.45) is 6.10. The Morgan fingerprint density at radius 3 is 1.94 bits per heavy atom. The standard InChI is InChI=1S/C13H26N2O2S/c1-3-10(4-2)13(14)9-18(16,17)15-11-5-6-12(15)8-7-11/h10-13H,3-9,14H2,1-2H3. The average molecular weight is 274 g/mol. The van der Waals surface area contributed by atoms with E-state index in [2.05, 4.69) is 13.8 Å². The van der Waals surface area contributed by atoms with Gasteiger partial charge in [-0.05, 0) is 31.6 Å². The summed E-state index contributed by atoms with van der Waals surface area (Å²) in [5.74, 6) is 0.451. The van der Waals surface area contributed by atoms with E-state index in [-0.39, 0.29) is 23.9 Å². The summed E-state index contributed by atoms with van der Waals surface area (Å²) < 4.78 is 26.8. The lowest BCUT2D eigenvalue weighted by atomic mass is 9.96. The molecule has 1 atom stereocenters. The maximum atomic E-state index is 12.5. The third-order valence-corrected chi connectivity index (χ3v) is 6.81. The maximum absolute atomic E-state index is 12.5. The van der Waals surface area contributed by atoms with E-state index in [4.69, 9.17) is 5.73 Å². The van der Waals surface area contributed by atoms with Crippen molar-refractivity contribution >= 4 is 10.0 Å². The first-order valence-electron chi connectivity index (χ1n) is 7.26. The molecule has 2 bridgehead atoms. The van der Waals surface area contributed by atoms with Gasteiger partial charge >= 0.3 is 0 Å². The minimum absolute atomic E-state index is 0.131. The fourth-order valence-corrected chi connectivity index (χ4v) is 5.94. The first-order valence-corrected chi connectivity index (χ1v) is 8.87. The van der Waals surface area contributed by atoms with Crippen LogP contribution in [0.25, 0.3) is 0 Å². The van der Waals surface area contributed by atoms with E-state index in [0.717, 1.165) is 38.5 Å². The van der Waals surface area contributed by atoms with Gasteiger partial charge in [0.05, 0.1) is 5.75 Å². The zero-order valence-electron chi connectivity index (χ0n) is 11.5. The van der Waals surface area contributed by atoms with Crippen LogP contribution in [0.15, 0.2) is 0 Å². The van der Waals surface area contributed by atoms with Crippen LogP contribution in [-0.4, -0.2) is 36.6 Å². The van der Waals surface area contributed by atoms with Crippen molar-refractivity contribution in [3.05, 3.63) is 0 Å². The molecule has 0 radical (unpaired) electrons. The molecular formula is C13H26N2O2S. The molecule has 1 unspecified atom stereocenters. The van der Waals surface area contributed by atoms with E-state index >= 15 is 0 Å². The number of fused-ring (bicyclic) bond motifs is 2. The van der Waals surface area contributed by atoms with Crippen LogP contribution in [0.3, 0.4) is 0 Å². The summed E-state index contributed by atoms with van der Waals surface area (Å²) >= 11 is 0. The van der Waals surface area contributed by atoms with E-state index in [9.17, 15) is 8.42 Å². The van der Waals surface area contributed by atoms with Crippen LogP contribution in [-0.2, 0) is 10.0 Å². The Hall–Kier alpha value is -0.130. The van der Waals surface area contributed by atoms with Crippen molar-refractivity contribution in [3.63, 3.8) is 0 Å². The lowest BCUT2D eigenvalue weighted by Gasteiger charge is -2.26. The Kier molecular flexibility index (Phi) is 4.34. The first kappa shape index (κ1) is 14.3. The van der Waals surface area contributed by atoms with Gasteiger partial charge in [0.1, 0.15) is 0 Å². The van der Waals surface area contributed by atoms with Crippen LogP contribution >= 0.6 is 0 Å². The monoisotopic (exact) mass is 274 g/mol. The molecule has 106 valence electrons. The molecule has 18 heavy (non-hydrogen) atoms. The summed E-state index contributed by atoms with van der Waals surface area (Å²) in [7, 11) is -3.15. The fourth-order valence-electron chi connectivity index (χ4n) is 3.68. The third-order valence-electron chi connectivity index (χ3n) is 4.76. The predicted molar refractivity (Wildman–Crippen MR) is 73.7 cm³/mol. The van der Waals surface area contributed by atoms with Crippen molar-refractivity contribution in [1.29, 1.82) is 0 Å². The van der Waals surface area contributed by atoms with Gasteiger partial charge in [-0.25, -0.2) is 8.42 Å². The summed E-state index contributed by atoms with van der Waals surface area (Å²) in [6.45, 7) is 4.17. The second-order valence-electron chi connectivity index (χ2n) is 5.81. The topological polar surface area (TPSA) is 63.4 Å². The zero-order chi connectivity index (χ0) is 13.3. The van der Waals surface area contributed by atoms with E-state index in [0.29, 0.717) is 5.92 Å². The fraction of sp³-hybridized carbons (Fsp3) is 1.00. The SMILES string of the molecule is CCC(CC)C(N)CS(=O)(=O)N1C2CCC1CC2. The van der Waals surface area contributed by atoms with Gasteiger partial charge in [0.25, 0.3) is 0 Å². The molecule has 0 aliphatic carbocycles. The lowest BCUT2D eigenvalue weighted by Crippen LogP contribution is -2.44. The molecule has 2 N–H and O–H groups in total. The smallest absolute Gasteiger partial charge is 0.216 e. The minimum atomic E-state index is -3.15. The molecule has 2 aliphatic heterocycles. The first-order chi connectivity index (χ1) is 8.49. The Balaban J connectivity index is 2.04. The highest BCUT2D eigenvalue weighted by Gasteiger charge is 2.46. The van der Waals surface area contributed by atoms with Gasteiger partial charge in [-0.1, -0.05) is 26.7 Å². The molecule has 5 heteroatoms. The Morgan fingerprint density at radius 2 is 1.56 bits per heavy atom. The van der Waals surface area contributed by atoms with Crippen molar-refractivity contribution in [3.8, 4) is 0 Å². The molecule has 0 aromatic carbocycles. The second-order valence-corrected chi connectivity index (χ2v) is 7.73. The molecule has 4 nitrogen and oxygen atoms in total. The van der Waals surface area contributed by atoms with Crippen molar-refractivity contribution in [2.24, 2.45) is 11.7 Å². The van der Waals surface area contributed by atoms with E-state index < -0.39 is 10.0 Å². The Labute approximate surface area is 111 Å². The number of rotatable bonds is 6. The number of nitrogens with zero attached hydrogens (tertiary/aromatic N) is 1. The largest absolute Gasteiger partial charge is 0.326 e. The number of sulfonamides is 1. The highest BCUT2D eigenvalue weighted by molar-refractivity contribution is 7.89. The van der Waals surface area contributed by atoms with E-state index in [1.807, 2.05) is 0 Å². The molecule has 0 amide bonds. The maximum Gasteiger partial charge on any atom is 0.216 e. The van der Waals surface area contributed by atoms with Crippen LogP contribution in [0.4, 0.5) is 0 Å². The van der Waals surface area contributed by atoms with Crippen LogP contribution in [0.2, 0.25) is 0 Å². The van der Waals surface area contributed by atoms with Crippen LogP contribution in [0.1, 0.15) is 52.4 Å². The van der Waals surface area contributed by atoms with Crippen molar-refractivity contribution in [2.45, 2.75) is 70.5 Å². The van der Waals surface area contributed by atoms with Gasteiger partial charge < -0.3 is 5.73 Å². The molecule has 0 saturated carbocycles. The molecule has 2 heterocycles. The summed E-state index contributed by atoms with van der Waals surface area (Å²) in [5, 5.41) is 0. The number of hydrogen-bond acceptors (Lipinski definition) is 3. The lowest BCUT2D eigenvalue weighted by molar-refractivity contribution is 0.376. The molecule has 0 aromatic rings. The summed E-state index contributed by atoms with van der Waals surface area (Å²) in [4.78, 5) is 0. The van der Waals surface area contributed by atoms with Gasteiger partial charge in [-0.2, -0.15) is 4.31 Å². The minimum Gasteiger partial charge on any atom is -0.326 e. The quantitative estimate of drug-likeness (QED) is 0.802. The highest BCUT2D eigenvalue weighted by Crippen LogP contribution is 2.39. The van der Waals surface area contributed by atoms with Crippen molar-refractivity contribution in [1.82, 2.24) is 4.31 Å². The Morgan fingerprint density at radius 1 is 1.11 bits per heavy atom. The Bertz CT molecular complexity index is 358. The van der Waals surface area contributed by atoms with Crippen LogP contribution in [0, 0.1) is 5.92 Å². The van der Waals surface area contributed by atoms with Gasteiger partial charge in [-0.15, -0.1) is 0 Å². The molecular weight excluding hydrogens is 248 g/mol. The van der Waals surface area contributed by atoms with Crippen LogP contribution < -0.4 is 5.73 Å². The number of hydrogen-bond donors (Lipinski definition) is 1. The van der Waals surface area contributed by atoms with Gasteiger partial charge in [-0.3, -0.25) is 0 Å². The second kappa shape index (κ2) is 5.47. The normalized spacial score (nSPS) is 30.2. The van der Waals surface area contributed by atoms with E-state index in [1.165, 1.54) is 0 Å². The van der Waals surface area contributed by atoms with Gasteiger partial charge in [0, 0.05) is 18.1 Å². The van der Waals surface area contributed by atoms with Crippen LogP contribution in [0.5, 0.6) is 0 Å².